The van der Waals surface area contributed by atoms with Crippen LogP contribution in [-0.2, 0) is 4.79 Å². The minimum absolute atomic E-state index is 0.153. The first-order valence-corrected chi connectivity index (χ1v) is 3.51. The maximum atomic E-state index is 12.3. The fourth-order valence-electron chi connectivity index (χ4n) is 1.47. The van der Waals surface area contributed by atoms with Crippen molar-refractivity contribution in [2.75, 3.05) is 0 Å². The van der Waals surface area contributed by atoms with Gasteiger partial charge in [0.2, 0.25) is 0 Å². The molecule has 1 rings (SSSR count). The summed E-state index contributed by atoms with van der Waals surface area (Å²) in [6, 6.07) is 0. The Kier molecular flexibility index (Phi) is 1.88. The van der Waals surface area contributed by atoms with E-state index in [2.05, 4.69) is 0 Å². The molecule has 1 unspecified atom stereocenters. The highest BCUT2D eigenvalue weighted by atomic mass is 19.1. The molecule has 0 saturated heterocycles. The van der Waals surface area contributed by atoms with Gasteiger partial charge in [0, 0.05) is 5.41 Å². The van der Waals surface area contributed by atoms with Crippen molar-refractivity contribution >= 4 is 5.97 Å². The van der Waals surface area contributed by atoms with Crippen LogP contribution >= 0.6 is 0 Å². The van der Waals surface area contributed by atoms with Crippen LogP contribution in [0.15, 0.2) is 0 Å². The molecule has 64 valence electrons. The average molecular weight is 162 g/mol. The van der Waals surface area contributed by atoms with Crippen LogP contribution in [0.5, 0.6) is 0 Å². The van der Waals surface area contributed by atoms with E-state index in [-0.39, 0.29) is 12.8 Å². The maximum absolute atomic E-state index is 12.3. The SMILES string of the molecule is CC1(C(O)C(=O)O)CC(F)C1. The van der Waals surface area contributed by atoms with Gasteiger partial charge in [0.15, 0.2) is 6.10 Å². The molecular weight excluding hydrogens is 151 g/mol. The van der Waals surface area contributed by atoms with Crippen LogP contribution in [0.1, 0.15) is 19.8 Å². The van der Waals surface area contributed by atoms with E-state index < -0.39 is 23.7 Å². The predicted octanol–water partition coefficient (Wildman–Crippen LogP) is 0.570. The smallest absolute Gasteiger partial charge is 0.333 e. The van der Waals surface area contributed by atoms with Gasteiger partial charge in [-0.05, 0) is 12.8 Å². The lowest BCUT2D eigenvalue weighted by atomic mass is 9.65. The number of halogens is 1. The summed E-state index contributed by atoms with van der Waals surface area (Å²) in [4.78, 5) is 10.3. The quantitative estimate of drug-likeness (QED) is 0.624. The number of aliphatic hydroxyl groups is 1. The molecule has 0 heterocycles. The third-order valence-electron chi connectivity index (χ3n) is 2.27. The monoisotopic (exact) mass is 162 g/mol. The number of aliphatic carboxylic acids is 1. The number of rotatable bonds is 2. The van der Waals surface area contributed by atoms with E-state index in [4.69, 9.17) is 10.2 Å². The van der Waals surface area contributed by atoms with Gasteiger partial charge in [-0.15, -0.1) is 0 Å². The lowest BCUT2D eigenvalue weighted by Gasteiger charge is -2.42. The molecule has 1 atom stereocenters. The van der Waals surface area contributed by atoms with E-state index >= 15 is 0 Å². The fourth-order valence-corrected chi connectivity index (χ4v) is 1.47. The van der Waals surface area contributed by atoms with E-state index in [1.807, 2.05) is 0 Å². The van der Waals surface area contributed by atoms with Crippen LogP contribution in [0.2, 0.25) is 0 Å². The van der Waals surface area contributed by atoms with E-state index in [0.717, 1.165) is 0 Å². The second-order valence-corrected chi connectivity index (χ2v) is 3.40. The Morgan fingerprint density at radius 2 is 2.18 bits per heavy atom. The highest BCUT2D eigenvalue weighted by Crippen LogP contribution is 2.45. The van der Waals surface area contributed by atoms with Gasteiger partial charge in [-0.3, -0.25) is 0 Å². The normalized spacial score (nSPS) is 39.4. The van der Waals surface area contributed by atoms with E-state index in [1.165, 1.54) is 0 Å². The fraction of sp³-hybridized carbons (Fsp3) is 0.857. The molecule has 1 fully saturated rings. The summed E-state index contributed by atoms with van der Waals surface area (Å²) in [6.45, 7) is 1.59. The molecule has 0 bridgehead atoms. The van der Waals surface area contributed by atoms with Crippen molar-refractivity contribution in [1.82, 2.24) is 0 Å². The number of hydrogen-bond donors (Lipinski definition) is 2. The Bertz CT molecular complexity index is 175. The third kappa shape index (κ3) is 1.35. The van der Waals surface area contributed by atoms with Crippen molar-refractivity contribution in [3.63, 3.8) is 0 Å². The number of carboxylic acids is 1. The van der Waals surface area contributed by atoms with Gasteiger partial charge in [0.25, 0.3) is 0 Å². The Balaban J connectivity index is 2.54. The van der Waals surface area contributed by atoms with Crippen LogP contribution in [0.4, 0.5) is 4.39 Å². The topological polar surface area (TPSA) is 57.5 Å². The summed E-state index contributed by atoms with van der Waals surface area (Å²) in [7, 11) is 0. The molecule has 1 aliphatic carbocycles. The van der Waals surface area contributed by atoms with Gasteiger partial charge in [0.05, 0.1) is 0 Å². The minimum Gasteiger partial charge on any atom is -0.479 e. The number of alkyl halides is 1. The van der Waals surface area contributed by atoms with Gasteiger partial charge in [-0.25, -0.2) is 9.18 Å². The van der Waals surface area contributed by atoms with Gasteiger partial charge in [-0.1, -0.05) is 6.92 Å². The third-order valence-corrected chi connectivity index (χ3v) is 2.27. The van der Waals surface area contributed by atoms with Crippen molar-refractivity contribution in [3.05, 3.63) is 0 Å². The Labute approximate surface area is 63.8 Å². The van der Waals surface area contributed by atoms with Crippen molar-refractivity contribution in [3.8, 4) is 0 Å². The van der Waals surface area contributed by atoms with Crippen molar-refractivity contribution in [2.24, 2.45) is 5.41 Å². The Hall–Kier alpha value is -0.640. The molecule has 1 aliphatic rings. The first-order chi connectivity index (χ1) is 4.96. The molecule has 11 heavy (non-hydrogen) atoms. The van der Waals surface area contributed by atoms with E-state index in [9.17, 15) is 9.18 Å². The summed E-state index contributed by atoms with van der Waals surface area (Å²) in [5.74, 6) is -1.26. The van der Waals surface area contributed by atoms with Gasteiger partial charge < -0.3 is 10.2 Å². The maximum Gasteiger partial charge on any atom is 0.333 e. The van der Waals surface area contributed by atoms with Crippen LogP contribution in [0.25, 0.3) is 0 Å². The zero-order valence-corrected chi connectivity index (χ0v) is 6.25. The highest BCUT2D eigenvalue weighted by molar-refractivity contribution is 5.73. The largest absolute Gasteiger partial charge is 0.479 e. The zero-order valence-electron chi connectivity index (χ0n) is 6.25. The molecule has 1 saturated carbocycles. The van der Waals surface area contributed by atoms with Gasteiger partial charge in [0.1, 0.15) is 6.17 Å². The van der Waals surface area contributed by atoms with E-state index in [0.29, 0.717) is 0 Å². The molecule has 0 aliphatic heterocycles. The minimum atomic E-state index is -1.42. The summed E-state index contributed by atoms with van der Waals surface area (Å²) in [5, 5.41) is 17.5. The Morgan fingerprint density at radius 1 is 1.73 bits per heavy atom. The molecule has 0 aromatic carbocycles. The molecular formula is C7H11FO3. The molecule has 0 amide bonds. The molecule has 0 aromatic rings. The standard InChI is InChI=1S/C7H11FO3/c1-7(2-4(8)3-7)5(9)6(10)11/h4-5,9H,2-3H2,1H3,(H,10,11). The van der Waals surface area contributed by atoms with Crippen LogP contribution < -0.4 is 0 Å². The van der Waals surface area contributed by atoms with Crippen LogP contribution in [-0.4, -0.2) is 28.5 Å². The number of carbonyl (C=O) groups is 1. The summed E-state index contributed by atoms with van der Waals surface area (Å²) in [5.41, 5.74) is -0.745. The van der Waals surface area contributed by atoms with Gasteiger partial charge >= 0.3 is 5.97 Å². The molecule has 2 N–H and O–H groups in total. The zero-order chi connectivity index (χ0) is 8.65. The van der Waals surface area contributed by atoms with Crippen molar-refractivity contribution < 1.29 is 19.4 Å². The van der Waals surface area contributed by atoms with Crippen LogP contribution in [0.3, 0.4) is 0 Å². The predicted molar refractivity (Wildman–Crippen MR) is 35.9 cm³/mol. The summed E-state index contributed by atoms with van der Waals surface area (Å²) >= 11 is 0. The number of aliphatic hydroxyl groups excluding tert-OH is 1. The molecule has 0 radical (unpaired) electrons. The summed E-state index contributed by atoms with van der Waals surface area (Å²) in [6.07, 6.45) is -2.05. The molecule has 0 aromatic heterocycles. The second kappa shape index (κ2) is 2.44. The van der Waals surface area contributed by atoms with E-state index in [1.54, 1.807) is 6.92 Å². The molecule has 3 nitrogen and oxygen atoms in total. The number of hydrogen-bond acceptors (Lipinski definition) is 2. The molecule has 0 spiro atoms. The highest BCUT2D eigenvalue weighted by Gasteiger charge is 2.48. The first kappa shape index (κ1) is 8.46. The lowest BCUT2D eigenvalue weighted by Crippen LogP contribution is -2.48. The lowest BCUT2D eigenvalue weighted by molar-refractivity contribution is -0.162. The average Bonchev–Trinajstić information content (AvgIpc) is 1.83. The van der Waals surface area contributed by atoms with Crippen LogP contribution in [0, 0.1) is 5.41 Å². The number of carboxylic acid groups (broad SMARTS) is 1. The Morgan fingerprint density at radius 3 is 2.45 bits per heavy atom. The van der Waals surface area contributed by atoms with Crippen molar-refractivity contribution in [1.29, 1.82) is 0 Å². The van der Waals surface area contributed by atoms with Gasteiger partial charge in [-0.2, -0.15) is 0 Å². The molecule has 4 heteroatoms. The van der Waals surface area contributed by atoms with Crippen molar-refractivity contribution in [2.45, 2.75) is 32.0 Å². The summed E-state index contributed by atoms with van der Waals surface area (Å²) < 4.78 is 12.3. The second-order valence-electron chi connectivity index (χ2n) is 3.40. The first-order valence-electron chi connectivity index (χ1n) is 3.51.